The van der Waals surface area contributed by atoms with Crippen LogP contribution >= 0.6 is 0 Å². The standard InChI is InChI=1S/C12H16N4/c1-3-13-7-9-15-5-2-6-16-10-8-14(4-1)12(16)11(13)15/h7-10H,1-6H2. The summed E-state index contributed by atoms with van der Waals surface area (Å²) < 4.78 is 0. The van der Waals surface area contributed by atoms with E-state index in [0.29, 0.717) is 0 Å². The molecular weight excluding hydrogens is 200 g/mol. The first-order chi connectivity index (χ1) is 7.93. The molecule has 0 aliphatic carbocycles. The zero-order chi connectivity index (χ0) is 10.5. The summed E-state index contributed by atoms with van der Waals surface area (Å²) in [6.45, 7) is 4.57. The summed E-state index contributed by atoms with van der Waals surface area (Å²) in [5.74, 6) is 2.78. The van der Waals surface area contributed by atoms with Crippen LogP contribution in [0.2, 0.25) is 0 Å². The van der Waals surface area contributed by atoms with Gasteiger partial charge in [0, 0.05) is 51.0 Å². The second kappa shape index (κ2) is 2.97. The second-order valence-electron chi connectivity index (χ2n) is 4.72. The number of nitrogens with zero attached hydrogens (tertiary/aromatic N) is 4. The van der Waals surface area contributed by atoms with E-state index in [1.165, 1.54) is 24.5 Å². The van der Waals surface area contributed by atoms with Gasteiger partial charge in [0.25, 0.3) is 0 Å². The average Bonchev–Trinajstić information content (AvgIpc) is 2.76. The fraction of sp³-hybridized carbons (Fsp3) is 0.500. The molecule has 4 heterocycles. The molecule has 0 saturated carbocycles. The number of hydrogen-bond acceptors (Lipinski definition) is 4. The average molecular weight is 216 g/mol. The van der Waals surface area contributed by atoms with Gasteiger partial charge in [0.2, 0.25) is 0 Å². The Morgan fingerprint density at radius 3 is 1.19 bits per heavy atom. The van der Waals surface area contributed by atoms with Gasteiger partial charge in [0.15, 0.2) is 11.6 Å². The Balaban J connectivity index is 1.87. The van der Waals surface area contributed by atoms with Gasteiger partial charge in [-0.1, -0.05) is 0 Å². The predicted octanol–water partition coefficient (Wildman–Crippen LogP) is 1.10. The predicted molar refractivity (Wildman–Crippen MR) is 61.4 cm³/mol. The van der Waals surface area contributed by atoms with Gasteiger partial charge in [-0.3, -0.25) is 0 Å². The van der Waals surface area contributed by atoms with Crippen molar-refractivity contribution in [2.75, 3.05) is 26.2 Å². The van der Waals surface area contributed by atoms with E-state index in [2.05, 4.69) is 44.4 Å². The van der Waals surface area contributed by atoms with Crippen LogP contribution in [0.4, 0.5) is 0 Å². The summed E-state index contributed by atoms with van der Waals surface area (Å²) in [6, 6.07) is 0. The molecule has 0 unspecified atom stereocenters. The Kier molecular flexibility index (Phi) is 1.59. The summed E-state index contributed by atoms with van der Waals surface area (Å²) in [6.07, 6.45) is 11.4. The van der Waals surface area contributed by atoms with Gasteiger partial charge in [0.1, 0.15) is 0 Å². The molecule has 0 aromatic heterocycles. The first-order valence-corrected chi connectivity index (χ1v) is 6.11. The van der Waals surface area contributed by atoms with Crippen molar-refractivity contribution in [3.05, 3.63) is 36.4 Å². The fourth-order valence-corrected chi connectivity index (χ4v) is 2.99. The maximum atomic E-state index is 2.40. The van der Waals surface area contributed by atoms with E-state index >= 15 is 0 Å². The quantitative estimate of drug-likeness (QED) is 0.601. The van der Waals surface area contributed by atoms with E-state index in [9.17, 15) is 0 Å². The van der Waals surface area contributed by atoms with Gasteiger partial charge in [-0.15, -0.1) is 0 Å². The van der Waals surface area contributed by atoms with Gasteiger partial charge >= 0.3 is 0 Å². The van der Waals surface area contributed by atoms with Crippen molar-refractivity contribution in [2.24, 2.45) is 0 Å². The van der Waals surface area contributed by atoms with E-state index in [1.807, 2.05) is 0 Å². The van der Waals surface area contributed by atoms with Crippen LogP contribution in [0.15, 0.2) is 36.4 Å². The normalized spacial score (nSPS) is 26.5. The summed E-state index contributed by atoms with van der Waals surface area (Å²) >= 11 is 0. The number of hydrogen-bond donors (Lipinski definition) is 0. The molecule has 4 aliphatic heterocycles. The van der Waals surface area contributed by atoms with E-state index in [1.54, 1.807) is 0 Å². The molecule has 0 N–H and O–H groups in total. The molecule has 0 radical (unpaired) electrons. The van der Waals surface area contributed by atoms with Crippen LogP contribution in [0.25, 0.3) is 0 Å². The summed E-state index contributed by atoms with van der Waals surface area (Å²) in [7, 11) is 0. The van der Waals surface area contributed by atoms with Gasteiger partial charge in [-0.25, -0.2) is 0 Å². The van der Waals surface area contributed by atoms with E-state index in [4.69, 9.17) is 0 Å². The molecule has 0 atom stereocenters. The molecule has 0 saturated heterocycles. The Morgan fingerprint density at radius 2 is 0.875 bits per heavy atom. The molecule has 0 amide bonds. The molecule has 16 heavy (non-hydrogen) atoms. The van der Waals surface area contributed by atoms with Crippen molar-refractivity contribution in [3.8, 4) is 0 Å². The summed E-state index contributed by atoms with van der Waals surface area (Å²) in [4.78, 5) is 9.61. The van der Waals surface area contributed by atoms with E-state index < -0.39 is 0 Å². The Morgan fingerprint density at radius 1 is 0.562 bits per heavy atom. The van der Waals surface area contributed by atoms with Crippen LogP contribution in [0.3, 0.4) is 0 Å². The van der Waals surface area contributed by atoms with Crippen LogP contribution in [0, 0.1) is 0 Å². The van der Waals surface area contributed by atoms with Crippen molar-refractivity contribution in [2.45, 2.75) is 12.8 Å². The Hall–Kier alpha value is -1.58. The molecule has 4 heteroatoms. The van der Waals surface area contributed by atoms with E-state index in [-0.39, 0.29) is 0 Å². The highest BCUT2D eigenvalue weighted by molar-refractivity contribution is 5.28. The van der Waals surface area contributed by atoms with Crippen LogP contribution in [-0.4, -0.2) is 45.8 Å². The van der Waals surface area contributed by atoms with Crippen LogP contribution in [0.1, 0.15) is 12.8 Å². The summed E-state index contributed by atoms with van der Waals surface area (Å²) in [5, 5.41) is 0. The third kappa shape index (κ3) is 0.991. The van der Waals surface area contributed by atoms with Crippen molar-refractivity contribution < 1.29 is 0 Å². The SMILES string of the molecule is C1=CN2CCCN3C=CN4CCCN1C2=C43. The van der Waals surface area contributed by atoms with Crippen LogP contribution in [-0.2, 0) is 0 Å². The third-order valence-electron chi connectivity index (χ3n) is 3.74. The second-order valence-corrected chi connectivity index (χ2v) is 4.72. The monoisotopic (exact) mass is 216 g/mol. The fourth-order valence-electron chi connectivity index (χ4n) is 2.99. The van der Waals surface area contributed by atoms with Crippen LogP contribution in [0.5, 0.6) is 0 Å². The minimum atomic E-state index is 1.14. The highest BCUT2D eigenvalue weighted by Crippen LogP contribution is 2.35. The minimum Gasteiger partial charge on any atom is -0.330 e. The summed E-state index contributed by atoms with van der Waals surface area (Å²) in [5.41, 5.74) is 0. The van der Waals surface area contributed by atoms with Gasteiger partial charge in [-0.05, 0) is 12.8 Å². The topological polar surface area (TPSA) is 13.0 Å². The zero-order valence-electron chi connectivity index (χ0n) is 9.34. The molecule has 0 aromatic rings. The Labute approximate surface area is 95.7 Å². The van der Waals surface area contributed by atoms with E-state index in [0.717, 1.165) is 26.2 Å². The lowest BCUT2D eigenvalue weighted by molar-refractivity contribution is 0.351. The lowest BCUT2D eigenvalue weighted by Crippen LogP contribution is -2.28. The van der Waals surface area contributed by atoms with Crippen molar-refractivity contribution in [1.29, 1.82) is 0 Å². The molecule has 4 rings (SSSR count). The Bertz CT molecular complexity index is 339. The molecule has 84 valence electrons. The molecule has 0 spiro atoms. The third-order valence-corrected chi connectivity index (χ3v) is 3.74. The molecule has 4 nitrogen and oxygen atoms in total. The highest BCUT2D eigenvalue weighted by atomic mass is 15.5. The zero-order valence-corrected chi connectivity index (χ0v) is 9.34. The minimum absolute atomic E-state index is 1.14. The van der Waals surface area contributed by atoms with Gasteiger partial charge in [-0.2, -0.15) is 0 Å². The molecule has 4 aliphatic rings. The largest absolute Gasteiger partial charge is 0.330 e. The highest BCUT2D eigenvalue weighted by Gasteiger charge is 2.35. The smallest absolute Gasteiger partial charge is 0.155 e. The first kappa shape index (κ1) is 8.56. The van der Waals surface area contributed by atoms with Crippen molar-refractivity contribution in [1.82, 2.24) is 19.6 Å². The lowest BCUT2D eigenvalue weighted by Gasteiger charge is -2.27. The first-order valence-electron chi connectivity index (χ1n) is 6.11. The number of rotatable bonds is 0. The molecule has 0 bridgehead atoms. The van der Waals surface area contributed by atoms with Gasteiger partial charge in [0.05, 0.1) is 0 Å². The van der Waals surface area contributed by atoms with Crippen LogP contribution < -0.4 is 0 Å². The lowest BCUT2D eigenvalue weighted by atomic mass is 10.4. The maximum Gasteiger partial charge on any atom is 0.155 e. The molecule has 0 aromatic carbocycles. The van der Waals surface area contributed by atoms with Crippen molar-refractivity contribution in [3.63, 3.8) is 0 Å². The van der Waals surface area contributed by atoms with Crippen molar-refractivity contribution >= 4 is 0 Å². The van der Waals surface area contributed by atoms with Gasteiger partial charge < -0.3 is 19.6 Å². The maximum absolute atomic E-state index is 2.40. The molecular formula is C12H16N4. The molecule has 0 fully saturated rings.